The van der Waals surface area contributed by atoms with Crippen molar-refractivity contribution >= 4 is 11.9 Å². The van der Waals surface area contributed by atoms with Crippen LogP contribution in [0.3, 0.4) is 0 Å². The van der Waals surface area contributed by atoms with Crippen LogP contribution in [0.2, 0.25) is 0 Å². The van der Waals surface area contributed by atoms with E-state index in [1.807, 2.05) is 0 Å². The molecule has 0 spiro atoms. The van der Waals surface area contributed by atoms with Gasteiger partial charge in [-0.1, -0.05) is 482 Å². The van der Waals surface area contributed by atoms with Crippen molar-refractivity contribution in [2.45, 2.75) is 546 Å². The Morgan fingerprint density at radius 2 is 0.485 bits per heavy atom. The first-order valence-electron chi connectivity index (χ1n) is 45.4. The summed E-state index contributed by atoms with van der Waals surface area (Å²) >= 11 is 0. The Labute approximate surface area is 609 Å². The molecule has 2 atom stereocenters. The summed E-state index contributed by atoms with van der Waals surface area (Å²) in [6, 6.07) is -0.538. The zero-order chi connectivity index (χ0) is 69.8. The number of unbranched alkanes of at least 4 members (excludes halogenated alkanes) is 74. The van der Waals surface area contributed by atoms with Crippen molar-refractivity contribution in [3.05, 3.63) is 12.2 Å². The number of ether oxygens (including phenoxy) is 1. The van der Waals surface area contributed by atoms with Crippen LogP contribution >= 0.6 is 0 Å². The first-order valence-corrected chi connectivity index (χ1v) is 45.4. The van der Waals surface area contributed by atoms with Crippen molar-refractivity contribution in [2.24, 2.45) is 0 Å². The lowest BCUT2D eigenvalue weighted by atomic mass is 10.0. The van der Waals surface area contributed by atoms with Crippen molar-refractivity contribution in [1.82, 2.24) is 5.32 Å². The van der Waals surface area contributed by atoms with E-state index < -0.39 is 12.1 Å². The number of aliphatic hydroxyl groups excluding tert-OH is 2. The second kappa shape index (κ2) is 87.0. The summed E-state index contributed by atoms with van der Waals surface area (Å²) in [7, 11) is 0. The molecule has 578 valence electrons. The molecule has 2 unspecified atom stereocenters. The summed E-state index contributed by atoms with van der Waals surface area (Å²) in [5.41, 5.74) is 0. The van der Waals surface area contributed by atoms with E-state index in [0.717, 1.165) is 38.5 Å². The van der Waals surface area contributed by atoms with Crippen LogP contribution in [-0.4, -0.2) is 47.4 Å². The van der Waals surface area contributed by atoms with Crippen LogP contribution in [0.15, 0.2) is 12.2 Å². The van der Waals surface area contributed by atoms with E-state index in [2.05, 4.69) is 31.3 Å². The predicted octanol–water partition coefficient (Wildman–Crippen LogP) is 30.6. The third-order valence-electron chi connectivity index (χ3n) is 21.8. The highest BCUT2D eigenvalue weighted by Crippen LogP contribution is 2.22. The second-order valence-electron chi connectivity index (χ2n) is 31.6. The van der Waals surface area contributed by atoms with Gasteiger partial charge in [-0.2, -0.15) is 0 Å². The number of carbonyl (C=O) groups excluding carboxylic acids is 2. The van der Waals surface area contributed by atoms with E-state index in [1.54, 1.807) is 0 Å². The molecule has 0 aliphatic rings. The summed E-state index contributed by atoms with van der Waals surface area (Å²) in [6.45, 7) is 5.02. The maximum atomic E-state index is 12.6. The maximum Gasteiger partial charge on any atom is 0.305 e. The Kier molecular flexibility index (Phi) is 85.7. The van der Waals surface area contributed by atoms with Gasteiger partial charge in [0.25, 0.3) is 0 Å². The first-order chi connectivity index (χ1) is 48.0. The van der Waals surface area contributed by atoms with Crippen LogP contribution in [-0.2, 0) is 14.3 Å². The molecule has 97 heavy (non-hydrogen) atoms. The highest BCUT2D eigenvalue weighted by molar-refractivity contribution is 5.76. The zero-order valence-electron chi connectivity index (χ0n) is 66.6. The molecule has 0 radical (unpaired) electrons. The topological polar surface area (TPSA) is 95.9 Å². The highest BCUT2D eigenvalue weighted by Gasteiger charge is 2.20. The third-order valence-corrected chi connectivity index (χ3v) is 21.8. The van der Waals surface area contributed by atoms with E-state index in [9.17, 15) is 19.8 Å². The summed E-state index contributed by atoms with van der Waals surface area (Å²) in [4.78, 5) is 24.7. The predicted molar refractivity (Wildman–Crippen MR) is 430 cm³/mol. The van der Waals surface area contributed by atoms with E-state index in [-0.39, 0.29) is 18.5 Å². The van der Waals surface area contributed by atoms with E-state index in [4.69, 9.17) is 4.74 Å². The Morgan fingerprint density at radius 1 is 0.278 bits per heavy atom. The molecule has 0 saturated carbocycles. The molecule has 6 heteroatoms. The Hall–Kier alpha value is -1.40. The van der Waals surface area contributed by atoms with Crippen LogP contribution < -0.4 is 5.32 Å². The van der Waals surface area contributed by atoms with Crippen molar-refractivity contribution in [1.29, 1.82) is 0 Å². The van der Waals surface area contributed by atoms with Gasteiger partial charge in [0.15, 0.2) is 0 Å². The quantitative estimate of drug-likeness (QED) is 0.0320. The maximum absolute atomic E-state index is 12.6. The molecule has 0 aliphatic heterocycles. The van der Waals surface area contributed by atoms with Crippen LogP contribution in [0.1, 0.15) is 534 Å². The molecule has 0 aliphatic carbocycles. The summed E-state index contributed by atoms with van der Waals surface area (Å²) in [6.07, 6.45) is 112. The van der Waals surface area contributed by atoms with Gasteiger partial charge < -0.3 is 20.3 Å². The zero-order valence-corrected chi connectivity index (χ0v) is 66.6. The normalized spacial score (nSPS) is 12.4. The largest absolute Gasteiger partial charge is 0.466 e. The molecule has 0 bridgehead atoms. The lowest BCUT2D eigenvalue weighted by Crippen LogP contribution is -2.45. The molecule has 0 saturated heterocycles. The van der Waals surface area contributed by atoms with Crippen LogP contribution in [0.5, 0.6) is 0 Å². The smallest absolute Gasteiger partial charge is 0.305 e. The molecular formula is C91H179NO5. The van der Waals surface area contributed by atoms with Gasteiger partial charge in [-0.15, -0.1) is 0 Å². The van der Waals surface area contributed by atoms with E-state index >= 15 is 0 Å². The molecule has 6 nitrogen and oxygen atoms in total. The fourth-order valence-electron chi connectivity index (χ4n) is 14.9. The van der Waals surface area contributed by atoms with Gasteiger partial charge in [-0.25, -0.2) is 0 Å². The Bertz CT molecular complexity index is 1480. The molecule has 0 fully saturated rings. The standard InChI is InChI=1S/C91H179NO5/c1-3-5-7-9-11-13-15-17-19-21-23-24-25-41-44-48-51-55-59-63-67-71-75-79-83-89(94)88(87-93)92-90(95)84-80-76-72-68-64-60-56-52-49-45-42-39-37-35-33-31-29-27-26-28-30-32-34-36-38-40-43-46-50-54-58-62-66-70-74-78-82-86-97-91(96)85-81-77-73-69-65-61-57-53-47-22-20-18-16-14-12-10-8-6-4-2/h18,20,88-89,93-94H,3-17,19,21-87H2,1-2H3,(H,92,95)/b20-18-. The SMILES string of the molecule is CCCCCCCC/C=C\CCCCCCCCCCCC(=O)OCCCCCCCCCCCCCCCCCCCCCCCCCCCCCCCCCCCCCCCC(=O)NC(CO)C(O)CCCCCCCCCCCCCCCCCCCCCCCCCC. The van der Waals surface area contributed by atoms with Gasteiger partial charge in [0.1, 0.15) is 0 Å². The average molecular weight is 1370 g/mol. The number of allylic oxidation sites excluding steroid dienone is 2. The first kappa shape index (κ1) is 95.6. The fraction of sp³-hybridized carbons (Fsp3) is 0.956. The van der Waals surface area contributed by atoms with Gasteiger partial charge >= 0.3 is 5.97 Å². The lowest BCUT2D eigenvalue weighted by Gasteiger charge is -2.22. The second-order valence-corrected chi connectivity index (χ2v) is 31.6. The molecule has 1 amide bonds. The highest BCUT2D eigenvalue weighted by atomic mass is 16.5. The Balaban J connectivity index is 3.30. The van der Waals surface area contributed by atoms with Crippen LogP contribution in [0, 0.1) is 0 Å². The molecule has 0 aromatic rings. The minimum Gasteiger partial charge on any atom is -0.466 e. The third kappa shape index (κ3) is 83.4. The van der Waals surface area contributed by atoms with Crippen molar-refractivity contribution in [2.75, 3.05) is 13.2 Å². The van der Waals surface area contributed by atoms with Crippen LogP contribution in [0.4, 0.5) is 0 Å². The summed E-state index contributed by atoms with van der Waals surface area (Å²) in [5.74, 6) is 0.00229. The average Bonchev–Trinajstić information content (AvgIpc) is 3.77. The van der Waals surface area contributed by atoms with Gasteiger partial charge in [-0.05, 0) is 51.4 Å². The number of aliphatic hydroxyl groups is 2. The minimum atomic E-state index is -0.661. The number of hydrogen-bond acceptors (Lipinski definition) is 5. The summed E-state index contributed by atoms with van der Waals surface area (Å²) < 4.78 is 5.53. The number of carbonyl (C=O) groups is 2. The number of amides is 1. The number of hydrogen-bond donors (Lipinski definition) is 3. The molecule has 0 aromatic carbocycles. The monoisotopic (exact) mass is 1370 g/mol. The fourth-order valence-corrected chi connectivity index (χ4v) is 14.9. The van der Waals surface area contributed by atoms with Gasteiger partial charge in [-0.3, -0.25) is 9.59 Å². The van der Waals surface area contributed by atoms with Crippen molar-refractivity contribution in [3.8, 4) is 0 Å². The number of rotatable bonds is 87. The number of nitrogens with one attached hydrogen (secondary N) is 1. The van der Waals surface area contributed by atoms with E-state index in [1.165, 1.54) is 462 Å². The molecule has 0 heterocycles. The molecule has 3 N–H and O–H groups in total. The lowest BCUT2D eigenvalue weighted by molar-refractivity contribution is -0.143. The van der Waals surface area contributed by atoms with Gasteiger partial charge in [0.2, 0.25) is 5.91 Å². The van der Waals surface area contributed by atoms with E-state index in [0.29, 0.717) is 25.9 Å². The van der Waals surface area contributed by atoms with Crippen LogP contribution in [0.25, 0.3) is 0 Å². The van der Waals surface area contributed by atoms with Crippen molar-refractivity contribution < 1.29 is 24.5 Å². The summed E-state index contributed by atoms with van der Waals surface area (Å²) in [5, 5.41) is 23.5. The molecular weight excluding hydrogens is 1190 g/mol. The van der Waals surface area contributed by atoms with Crippen molar-refractivity contribution in [3.63, 3.8) is 0 Å². The van der Waals surface area contributed by atoms with Gasteiger partial charge in [0, 0.05) is 12.8 Å². The minimum absolute atomic E-state index is 0.0223. The molecule has 0 rings (SSSR count). The Morgan fingerprint density at radius 3 is 0.732 bits per heavy atom. The van der Waals surface area contributed by atoms with Gasteiger partial charge in [0.05, 0.1) is 25.4 Å². The number of esters is 1. The molecule has 0 aromatic heterocycles.